The van der Waals surface area contributed by atoms with E-state index in [9.17, 15) is 4.39 Å². The second kappa shape index (κ2) is 5.63. The van der Waals surface area contributed by atoms with Gasteiger partial charge in [-0.2, -0.15) is 0 Å². The SMILES string of the molecule is CCCC(N)c1ccc(-c2cc(F)ccc2C)s1. The molecule has 2 rings (SSSR count). The third-order valence-electron chi connectivity index (χ3n) is 3.06. The first-order valence-electron chi connectivity index (χ1n) is 6.23. The smallest absolute Gasteiger partial charge is 0.123 e. The van der Waals surface area contributed by atoms with E-state index >= 15 is 0 Å². The number of aryl methyl sites for hydroxylation is 1. The number of rotatable bonds is 4. The third kappa shape index (κ3) is 2.79. The Morgan fingerprint density at radius 1 is 1.28 bits per heavy atom. The number of nitrogens with two attached hydrogens (primary N) is 1. The monoisotopic (exact) mass is 263 g/mol. The molecule has 0 bridgehead atoms. The van der Waals surface area contributed by atoms with E-state index in [1.54, 1.807) is 17.4 Å². The van der Waals surface area contributed by atoms with E-state index in [2.05, 4.69) is 13.0 Å². The van der Waals surface area contributed by atoms with Gasteiger partial charge in [0, 0.05) is 15.8 Å². The highest BCUT2D eigenvalue weighted by atomic mass is 32.1. The molecule has 1 heterocycles. The Hall–Kier alpha value is -1.19. The molecule has 0 saturated heterocycles. The minimum atomic E-state index is -0.191. The zero-order valence-electron chi connectivity index (χ0n) is 10.7. The average molecular weight is 263 g/mol. The lowest BCUT2D eigenvalue weighted by Crippen LogP contribution is -2.07. The second-order valence-corrected chi connectivity index (χ2v) is 5.67. The van der Waals surface area contributed by atoms with Gasteiger partial charge in [-0.3, -0.25) is 0 Å². The Morgan fingerprint density at radius 3 is 2.78 bits per heavy atom. The fourth-order valence-electron chi connectivity index (χ4n) is 2.01. The third-order valence-corrected chi connectivity index (χ3v) is 4.31. The maximum Gasteiger partial charge on any atom is 0.123 e. The summed E-state index contributed by atoms with van der Waals surface area (Å²) in [5.41, 5.74) is 8.16. The highest BCUT2D eigenvalue weighted by Crippen LogP contribution is 2.34. The van der Waals surface area contributed by atoms with Gasteiger partial charge < -0.3 is 5.73 Å². The van der Waals surface area contributed by atoms with Crippen LogP contribution >= 0.6 is 11.3 Å². The van der Waals surface area contributed by atoms with E-state index in [0.29, 0.717) is 0 Å². The van der Waals surface area contributed by atoms with Gasteiger partial charge in [0.1, 0.15) is 5.82 Å². The van der Waals surface area contributed by atoms with Crippen molar-refractivity contribution in [1.82, 2.24) is 0 Å². The van der Waals surface area contributed by atoms with Crippen molar-refractivity contribution >= 4 is 11.3 Å². The normalized spacial score (nSPS) is 12.7. The quantitative estimate of drug-likeness (QED) is 0.852. The fraction of sp³-hybridized carbons (Fsp3) is 0.333. The molecule has 0 aliphatic carbocycles. The number of benzene rings is 1. The van der Waals surface area contributed by atoms with Crippen LogP contribution in [-0.2, 0) is 0 Å². The van der Waals surface area contributed by atoms with Crippen molar-refractivity contribution in [2.24, 2.45) is 5.73 Å². The minimum absolute atomic E-state index is 0.0996. The molecule has 0 spiro atoms. The molecule has 1 aromatic carbocycles. The van der Waals surface area contributed by atoms with Crippen molar-refractivity contribution in [2.45, 2.75) is 32.7 Å². The van der Waals surface area contributed by atoms with Gasteiger partial charge in [0.05, 0.1) is 0 Å². The molecule has 1 atom stereocenters. The Balaban J connectivity index is 2.32. The van der Waals surface area contributed by atoms with Crippen molar-refractivity contribution < 1.29 is 4.39 Å². The summed E-state index contributed by atoms with van der Waals surface area (Å²) in [4.78, 5) is 2.27. The predicted molar refractivity (Wildman–Crippen MR) is 76.3 cm³/mol. The molecule has 18 heavy (non-hydrogen) atoms. The fourth-order valence-corrected chi connectivity index (χ4v) is 3.14. The number of hydrogen-bond donors (Lipinski definition) is 1. The van der Waals surface area contributed by atoms with Gasteiger partial charge in [0.2, 0.25) is 0 Å². The van der Waals surface area contributed by atoms with Crippen LogP contribution in [0.4, 0.5) is 4.39 Å². The number of halogens is 1. The summed E-state index contributed by atoms with van der Waals surface area (Å²) in [5, 5.41) is 0. The lowest BCUT2D eigenvalue weighted by Gasteiger charge is -2.07. The standard InChI is InChI=1S/C15H18FNS/c1-3-4-13(17)15-8-7-14(18-15)12-9-11(16)6-5-10(12)2/h5-9,13H,3-4,17H2,1-2H3. The van der Waals surface area contributed by atoms with Crippen molar-refractivity contribution in [1.29, 1.82) is 0 Å². The minimum Gasteiger partial charge on any atom is -0.323 e. The molecule has 0 aliphatic rings. The van der Waals surface area contributed by atoms with Gasteiger partial charge in [0.15, 0.2) is 0 Å². The molecule has 1 aromatic heterocycles. The molecule has 2 N–H and O–H groups in total. The van der Waals surface area contributed by atoms with Crippen LogP contribution in [0.25, 0.3) is 10.4 Å². The molecule has 1 unspecified atom stereocenters. The Labute approximate surface area is 111 Å². The molecule has 96 valence electrons. The molecule has 0 saturated carbocycles. The Morgan fingerprint density at radius 2 is 2.06 bits per heavy atom. The molecule has 0 aliphatic heterocycles. The molecule has 0 amide bonds. The average Bonchev–Trinajstić information content (AvgIpc) is 2.82. The molecule has 1 nitrogen and oxygen atoms in total. The van der Waals surface area contributed by atoms with Crippen LogP contribution in [0.1, 0.15) is 36.2 Å². The van der Waals surface area contributed by atoms with E-state index in [4.69, 9.17) is 5.73 Å². The topological polar surface area (TPSA) is 26.0 Å². The first-order valence-corrected chi connectivity index (χ1v) is 7.05. The summed E-state index contributed by atoms with van der Waals surface area (Å²) in [5.74, 6) is -0.191. The molecule has 0 radical (unpaired) electrons. The Bertz CT molecular complexity index is 533. The summed E-state index contributed by atoms with van der Waals surface area (Å²) in [6.07, 6.45) is 2.06. The summed E-state index contributed by atoms with van der Waals surface area (Å²) in [7, 11) is 0. The summed E-state index contributed by atoms with van der Waals surface area (Å²) in [6.45, 7) is 4.13. The highest BCUT2D eigenvalue weighted by Gasteiger charge is 2.11. The van der Waals surface area contributed by atoms with Gasteiger partial charge >= 0.3 is 0 Å². The van der Waals surface area contributed by atoms with Crippen LogP contribution in [0.3, 0.4) is 0 Å². The molecular weight excluding hydrogens is 245 g/mol. The lowest BCUT2D eigenvalue weighted by atomic mass is 10.1. The maximum atomic E-state index is 13.3. The van der Waals surface area contributed by atoms with Gasteiger partial charge in [-0.05, 0) is 48.7 Å². The van der Waals surface area contributed by atoms with Crippen LogP contribution in [0.15, 0.2) is 30.3 Å². The van der Waals surface area contributed by atoms with Gasteiger partial charge in [-0.15, -0.1) is 11.3 Å². The lowest BCUT2D eigenvalue weighted by molar-refractivity contribution is 0.628. The van der Waals surface area contributed by atoms with Gasteiger partial charge in [0.25, 0.3) is 0 Å². The van der Waals surface area contributed by atoms with Crippen LogP contribution in [0.5, 0.6) is 0 Å². The van der Waals surface area contributed by atoms with Crippen molar-refractivity contribution in [3.63, 3.8) is 0 Å². The summed E-state index contributed by atoms with van der Waals surface area (Å²) < 4.78 is 13.3. The first kappa shape index (κ1) is 13.2. The second-order valence-electron chi connectivity index (χ2n) is 4.56. The van der Waals surface area contributed by atoms with Gasteiger partial charge in [-0.1, -0.05) is 19.4 Å². The molecular formula is C15H18FNS. The number of thiophene rings is 1. The highest BCUT2D eigenvalue weighted by molar-refractivity contribution is 7.15. The van der Waals surface area contributed by atoms with Crippen LogP contribution in [0, 0.1) is 12.7 Å². The van der Waals surface area contributed by atoms with E-state index < -0.39 is 0 Å². The van der Waals surface area contributed by atoms with Crippen molar-refractivity contribution in [2.75, 3.05) is 0 Å². The largest absolute Gasteiger partial charge is 0.323 e. The van der Waals surface area contributed by atoms with Crippen LogP contribution in [0.2, 0.25) is 0 Å². The number of hydrogen-bond acceptors (Lipinski definition) is 2. The molecule has 0 fully saturated rings. The summed E-state index contributed by atoms with van der Waals surface area (Å²) >= 11 is 1.67. The van der Waals surface area contributed by atoms with Crippen molar-refractivity contribution in [3.8, 4) is 10.4 Å². The van der Waals surface area contributed by atoms with E-state index in [0.717, 1.165) is 28.8 Å². The van der Waals surface area contributed by atoms with E-state index in [-0.39, 0.29) is 11.9 Å². The molecule has 2 aromatic rings. The van der Waals surface area contributed by atoms with Crippen molar-refractivity contribution in [3.05, 3.63) is 46.6 Å². The molecule has 3 heteroatoms. The predicted octanol–water partition coefficient (Wildman–Crippen LogP) is 4.66. The summed E-state index contributed by atoms with van der Waals surface area (Å²) in [6, 6.07) is 9.10. The van der Waals surface area contributed by atoms with Crippen LogP contribution < -0.4 is 5.73 Å². The zero-order chi connectivity index (χ0) is 13.1. The zero-order valence-corrected chi connectivity index (χ0v) is 11.6. The van der Waals surface area contributed by atoms with Crippen LogP contribution in [-0.4, -0.2) is 0 Å². The van der Waals surface area contributed by atoms with E-state index in [1.807, 2.05) is 19.1 Å². The maximum absolute atomic E-state index is 13.3. The first-order chi connectivity index (χ1) is 8.61. The Kier molecular flexibility index (Phi) is 4.15. The van der Waals surface area contributed by atoms with E-state index in [1.165, 1.54) is 10.9 Å². The van der Waals surface area contributed by atoms with Gasteiger partial charge in [-0.25, -0.2) is 4.39 Å².